The molecule has 0 saturated carbocycles. The summed E-state index contributed by atoms with van der Waals surface area (Å²) in [6.07, 6.45) is 0.154. The van der Waals surface area contributed by atoms with E-state index >= 15 is 0 Å². The first-order valence-electron chi connectivity index (χ1n) is 4.43. The number of hydrogen-bond acceptors (Lipinski definition) is 4. The summed E-state index contributed by atoms with van der Waals surface area (Å²) < 4.78 is 13.5. The molecule has 1 aromatic heterocycles. The van der Waals surface area contributed by atoms with E-state index in [1.165, 1.54) is 0 Å². The Morgan fingerprint density at radius 1 is 1.50 bits per heavy atom. The van der Waals surface area contributed by atoms with E-state index in [2.05, 4.69) is 0 Å². The van der Waals surface area contributed by atoms with E-state index in [4.69, 9.17) is 5.73 Å². The van der Waals surface area contributed by atoms with Crippen LogP contribution in [-0.2, 0) is 11.3 Å². The van der Waals surface area contributed by atoms with E-state index in [0.29, 0.717) is 4.57 Å². The number of nitrogens with zero attached hydrogens (tertiary/aromatic N) is 1. The van der Waals surface area contributed by atoms with Crippen molar-refractivity contribution in [2.24, 2.45) is 5.73 Å². The molecular weight excluding hydrogens is 221 g/mol. The largest absolute Gasteiger partial charge is 0.492 e. The average molecular weight is 231 g/mol. The fraction of sp³-hybridized carbons (Fsp3) is 0.375. The Bertz CT molecular complexity index is 519. The van der Waals surface area contributed by atoms with Crippen LogP contribution < -0.4 is 17.0 Å². The van der Waals surface area contributed by atoms with Crippen molar-refractivity contribution >= 4 is 5.91 Å². The Hall–Kier alpha value is -2.12. The molecule has 1 rings (SSSR count). The molecule has 1 aromatic rings. The van der Waals surface area contributed by atoms with Gasteiger partial charge in [0.25, 0.3) is 5.56 Å². The highest BCUT2D eigenvalue weighted by atomic mass is 19.1. The highest BCUT2D eigenvalue weighted by molar-refractivity contribution is 5.73. The van der Waals surface area contributed by atoms with E-state index in [1.807, 2.05) is 0 Å². The van der Waals surface area contributed by atoms with Crippen LogP contribution in [0.25, 0.3) is 0 Å². The second-order valence-electron chi connectivity index (χ2n) is 3.12. The standard InChI is InChI=1S/C8H10FN3O4/c9-5-6(14)11-8(16)12(7(5)15)3-1-2-4(10)13/h15H,1-3H2,(H2,10,13)(H,11,14,16). The van der Waals surface area contributed by atoms with Crippen LogP contribution in [0, 0.1) is 5.82 Å². The lowest BCUT2D eigenvalue weighted by Crippen LogP contribution is -2.32. The number of nitrogens with two attached hydrogens (primary N) is 1. The monoisotopic (exact) mass is 231 g/mol. The van der Waals surface area contributed by atoms with E-state index < -0.39 is 28.9 Å². The molecule has 0 aliphatic rings. The van der Waals surface area contributed by atoms with E-state index in [1.54, 1.807) is 4.98 Å². The van der Waals surface area contributed by atoms with Crippen LogP contribution in [0.5, 0.6) is 5.88 Å². The van der Waals surface area contributed by atoms with Crippen molar-refractivity contribution in [1.29, 1.82) is 0 Å². The van der Waals surface area contributed by atoms with Gasteiger partial charge in [-0.05, 0) is 6.42 Å². The Labute approximate surface area is 88.3 Å². The zero-order valence-electron chi connectivity index (χ0n) is 8.20. The number of nitrogens with one attached hydrogen (secondary N) is 1. The first-order chi connectivity index (χ1) is 7.43. The average Bonchev–Trinajstić information content (AvgIpc) is 2.19. The molecule has 1 amide bonds. The van der Waals surface area contributed by atoms with Crippen molar-refractivity contribution < 1.29 is 14.3 Å². The molecule has 7 nitrogen and oxygen atoms in total. The predicted octanol–water partition coefficient (Wildman–Crippen LogP) is -1.35. The first kappa shape index (κ1) is 12.0. The number of aromatic hydroxyl groups is 1. The first-order valence-corrected chi connectivity index (χ1v) is 4.43. The quantitative estimate of drug-likeness (QED) is 0.593. The summed E-state index contributed by atoms with van der Waals surface area (Å²) in [6.45, 7) is -0.110. The van der Waals surface area contributed by atoms with Gasteiger partial charge in [0.15, 0.2) is 0 Å². The third kappa shape index (κ3) is 2.47. The molecule has 4 N–H and O–H groups in total. The van der Waals surface area contributed by atoms with Crippen LogP contribution in [-0.4, -0.2) is 20.6 Å². The number of aromatic nitrogens is 2. The Morgan fingerprint density at radius 3 is 2.69 bits per heavy atom. The number of hydrogen-bond donors (Lipinski definition) is 3. The van der Waals surface area contributed by atoms with Crippen molar-refractivity contribution in [2.75, 3.05) is 0 Å². The number of carbonyl (C=O) groups is 1. The predicted molar refractivity (Wildman–Crippen MR) is 51.4 cm³/mol. The lowest BCUT2D eigenvalue weighted by atomic mass is 10.3. The maximum absolute atomic E-state index is 12.9. The number of H-pyrrole nitrogens is 1. The smallest absolute Gasteiger partial charge is 0.331 e. The van der Waals surface area contributed by atoms with Gasteiger partial charge in [0.1, 0.15) is 0 Å². The number of rotatable bonds is 4. The number of amides is 1. The molecule has 8 heteroatoms. The summed E-state index contributed by atoms with van der Waals surface area (Å²) in [5, 5.41) is 9.18. The molecule has 16 heavy (non-hydrogen) atoms. The second kappa shape index (κ2) is 4.60. The number of carbonyl (C=O) groups excluding carboxylic acids is 1. The molecule has 0 saturated heterocycles. The van der Waals surface area contributed by atoms with Crippen molar-refractivity contribution in [3.8, 4) is 5.88 Å². The summed E-state index contributed by atoms with van der Waals surface area (Å²) in [4.78, 5) is 34.0. The fourth-order valence-corrected chi connectivity index (χ4v) is 1.15. The van der Waals surface area contributed by atoms with Gasteiger partial charge >= 0.3 is 5.69 Å². The molecule has 0 fully saturated rings. The van der Waals surface area contributed by atoms with Crippen molar-refractivity contribution in [2.45, 2.75) is 19.4 Å². The summed E-state index contributed by atoms with van der Waals surface area (Å²) in [5.41, 5.74) is 2.65. The molecule has 0 aliphatic heterocycles. The maximum atomic E-state index is 12.9. The van der Waals surface area contributed by atoms with Gasteiger partial charge in [-0.15, -0.1) is 0 Å². The van der Waals surface area contributed by atoms with Gasteiger partial charge in [-0.2, -0.15) is 4.39 Å². The molecule has 0 atom stereocenters. The lowest BCUT2D eigenvalue weighted by Gasteiger charge is -2.06. The van der Waals surface area contributed by atoms with E-state index in [0.717, 1.165) is 0 Å². The molecule has 0 unspecified atom stereocenters. The van der Waals surface area contributed by atoms with Gasteiger partial charge in [0, 0.05) is 13.0 Å². The second-order valence-corrected chi connectivity index (χ2v) is 3.12. The van der Waals surface area contributed by atoms with Crippen LogP contribution in [0.2, 0.25) is 0 Å². The molecule has 0 aliphatic carbocycles. The van der Waals surface area contributed by atoms with Gasteiger partial charge < -0.3 is 10.8 Å². The molecule has 0 spiro atoms. The normalized spacial score (nSPS) is 10.3. The van der Waals surface area contributed by atoms with Crippen LogP contribution in [0.3, 0.4) is 0 Å². The minimum Gasteiger partial charge on any atom is -0.492 e. The summed E-state index contributed by atoms with van der Waals surface area (Å²) in [5.74, 6) is -3.05. The Balaban J connectivity index is 2.97. The Kier molecular flexibility index (Phi) is 3.44. The third-order valence-electron chi connectivity index (χ3n) is 1.92. The minimum atomic E-state index is -1.43. The van der Waals surface area contributed by atoms with E-state index in [9.17, 15) is 23.9 Å². The summed E-state index contributed by atoms with van der Waals surface area (Å²) >= 11 is 0. The Morgan fingerprint density at radius 2 is 2.12 bits per heavy atom. The summed E-state index contributed by atoms with van der Waals surface area (Å²) in [7, 11) is 0. The van der Waals surface area contributed by atoms with Crippen LogP contribution in [0.1, 0.15) is 12.8 Å². The van der Waals surface area contributed by atoms with Gasteiger partial charge in [0.05, 0.1) is 0 Å². The van der Waals surface area contributed by atoms with Crippen LogP contribution in [0.15, 0.2) is 9.59 Å². The van der Waals surface area contributed by atoms with E-state index in [-0.39, 0.29) is 19.4 Å². The van der Waals surface area contributed by atoms with Crippen LogP contribution in [0.4, 0.5) is 4.39 Å². The fourth-order valence-electron chi connectivity index (χ4n) is 1.15. The van der Waals surface area contributed by atoms with Gasteiger partial charge in [0.2, 0.25) is 17.6 Å². The maximum Gasteiger partial charge on any atom is 0.331 e. The molecule has 1 heterocycles. The number of aromatic amines is 1. The van der Waals surface area contributed by atoms with Crippen molar-refractivity contribution in [1.82, 2.24) is 9.55 Å². The third-order valence-corrected chi connectivity index (χ3v) is 1.92. The van der Waals surface area contributed by atoms with Gasteiger partial charge in [-0.1, -0.05) is 0 Å². The summed E-state index contributed by atoms with van der Waals surface area (Å²) in [6, 6.07) is 0. The molecular formula is C8H10FN3O4. The molecule has 0 aromatic carbocycles. The highest BCUT2D eigenvalue weighted by Gasteiger charge is 2.13. The molecule has 88 valence electrons. The van der Waals surface area contributed by atoms with Crippen molar-refractivity contribution in [3.05, 3.63) is 26.7 Å². The molecule has 0 bridgehead atoms. The zero-order valence-corrected chi connectivity index (χ0v) is 8.20. The van der Waals surface area contributed by atoms with Crippen molar-refractivity contribution in [3.63, 3.8) is 0 Å². The number of primary amides is 1. The lowest BCUT2D eigenvalue weighted by molar-refractivity contribution is -0.118. The topological polar surface area (TPSA) is 118 Å². The van der Waals surface area contributed by atoms with Gasteiger partial charge in [-0.25, -0.2) is 4.79 Å². The van der Waals surface area contributed by atoms with Crippen LogP contribution >= 0.6 is 0 Å². The highest BCUT2D eigenvalue weighted by Crippen LogP contribution is 2.08. The SMILES string of the molecule is NC(=O)CCCn1c(O)c(F)c(=O)[nH]c1=O. The minimum absolute atomic E-state index is 0.00732. The molecule has 0 radical (unpaired) electrons. The zero-order chi connectivity index (χ0) is 12.3. The number of halogens is 1. The van der Waals surface area contributed by atoms with Gasteiger partial charge in [-0.3, -0.25) is 19.1 Å².